The molecule has 0 aliphatic carbocycles. The molecule has 2 aromatic rings. The quantitative estimate of drug-likeness (QED) is 0.848. The summed E-state index contributed by atoms with van der Waals surface area (Å²) in [5, 5.41) is 0. The Morgan fingerprint density at radius 2 is 1.74 bits per heavy atom. The number of sulfonamides is 1. The van der Waals surface area contributed by atoms with Crippen LogP contribution in [0.25, 0.3) is 0 Å². The minimum Gasteiger partial charge on any atom is -0.397 e. The Kier molecular flexibility index (Phi) is 3.44. The minimum absolute atomic E-state index is 0.0377. The van der Waals surface area contributed by atoms with Gasteiger partial charge >= 0.3 is 0 Å². The molecule has 0 amide bonds. The Morgan fingerprint density at radius 3 is 2.32 bits per heavy atom. The van der Waals surface area contributed by atoms with Crippen molar-refractivity contribution >= 4 is 21.4 Å². The summed E-state index contributed by atoms with van der Waals surface area (Å²) in [5.74, 6) is -0.712. The second kappa shape index (κ2) is 4.89. The van der Waals surface area contributed by atoms with E-state index in [1.54, 1.807) is 12.1 Å². The number of nitrogens with one attached hydrogen (secondary N) is 1. The Labute approximate surface area is 111 Å². The van der Waals surface area contributed by atoms with E-state index in [9.17, 15) is 12.8 Å². The van der Waals surface area contributed by atoms with E-state index in [-0.39, 0.29) is 16.3 Å². The molecule has 0 saturated heterocycles. The van der Waals surface area contributed by atoms with Crippen molar-refractivity contribution in [2.24, 2.45) is 0 Å². The molecule has 0 aromatic heterocycles. The molecule has 0 heterocycles. The summed E-state index contributed by atoms with van der Waals surface area (Å²) in [7, 11) is -3.85. The SMILES string of the molecule is Cc1ccc(S(=O)(=O)Nc2c(N)cccc2F)cc1. The maximum atomic E-state index is 13.6. The van der Waals surface area contributed by atoms with Crippen molar-refractivity contribution in [1.29, 1.82) is 0 Å². The van der Waals surface area contributed by atoms with E-state index < -0.39 is 15.8 Å². The number of para-hydroxylation sites is 1. The second-order valence-electron chi connectivity index (χ2n) is 4.12. The summed E-state index contributed by atoms with van der Waals surface area (Å²) in [6, 6.07) is 10.2. The number of rotatable bonds is 3. The zero-order chi connectivity index (χ0) is 14.0. The molecule has 0 aliphatic rings. The Balaban J connectivity index is 2.39. The van der Waals surface area contributed by atoms with E-state index in [0.717, 1.165) is 11.6 Å². The number of benzene rings is 2. The lowest BCUT2D eigenvalue weighted by atomic mass is 10.2. The lowest BCUT2D eigenvalue weighted by molar-refractivity contribution is 0.598. The van der Waals surface area contributed by atoms with Gasteiger partial charge in [-0.15, -0.1) is 0 Å². The third-order valence-electron chi connectivity index (χ3n) is 2.61. The number of hydrogen-bond donors (Lipinski definition) is 2. The first-order chi connectivity index (χ1) is 8.90. The van der Waals surface area contributed by atoms with E-state index in [2.05, 4.69) is 4.72 Å². The van der Waals surface area contributed by atoms with Crippen LogP contribution in [0.1, 0.15) is 5.56 Å². The first-order valence-corrected chi connectivity index (χ1v) is 7.02. The van der Waals surface area contributed by atoms with Crippen LogP contribution in [-0.2, 0) is 10.0 Å². The van der Waals surface area contributed by atoms with Crippen molar-refractivity contribution in [2.75, 3.05) is 10.5 Å². The zero-order valence-electron chi connectivity index (χ0n) is 10.2. The summed E-state index contributed by atoms with van der Waals surface area (Å²) < 4.78 is 39.9. The van der Waals surface area contributed by atoms with Gasteiger partial charge in [-0.25, -0.2) is 12.8 Å². The highest BCUT2D eigenvalue weighted by Crippen LogP contribution is 2.25. The summed E-state index contributed by atoms with van der Waals surface area (Å²) >= 11 is 0. The summed E-state index contributed by atoms with van der Waals surface area (Å²) in [4.78, 5) is 0.0563. The molecule has 0 bridgehead atoms. The van der Waals surface area contributed by atoms with Gasteiger partial charge in [-0.05, 0) is 31.2 Å². The maximum Gasteiger partial charge on any atom is 0.262 e. The van der Waals surface area contributed by atoms with Crippen LogP contribution in [0.5, 0.6) is 0 Å². The monoisotopic (exact) mass is 280 g/mol. The van der Waals surface area contributed by atoms with E-state index in [1.165, 1.54) is 24.3 Å². The van der Waals surface area contributed by atoms with Crippen LogP contribution in [0.2, 0.25) is 0 Å². The fraction of sp³-hybridized carbons (Fsp3) is 0.0769. The van der Waals surface area contributed by atoms with Crippen LogP contribution in [0, 0.1) is 12.7 Å². The van der Waals surface area contributed by atoms with Gasteiger partial charge in [0.1, 0.15) is 11.5 Å². The first-order valence-electron chi connectivity index (χ1n) is 5.53. The van der Waals surface area contributed by atoms with Gasteiger partial charge in [0.2, 0.25) is 0 Å². The van der Waals surface area contributed by atoms with Crippen LogP contribution < -0.4 is 10.5 Å². The van der Waals surface area contributed by atoms with Crippen LogP contribution in [-0.4, -0.2) is 8.42 Å². The van der Waals surface area contributed by atoms with Crippen molar-refractivity contribution in [1.82, 2.24) is 0 Å². The Morgan fingerprint density at radius 1 is 1.11 bits per heavy atom. The zero-order valence-corrected chi connectivity index (χ0v) is 11.0. The molecule has 2 aromatic carbocycles. The number of aryl methyl sites for hydroxylation is 1. The van der Waals surface area contributed by atoms with Gasteiger partial charge in [-0.2, -0.15) is 0 Å². The summed E-state index contributed by atoms with van der Waals surface area (Å²) in [6.07, 6.45) is 0. The minimum atomic E-state index is -3.85. The topological polar surface area (TPSA) is 72.2 Å². The highest BCUT2D eigenvalue weighted by atomic mass is 32.2. The fourth-order valence-electron chi connectivity index (χ4n) is 1.56. The molecule has 0 saturated carbocycles. The molecule has 0 spiro atoms. The number of anilines is 2. The van der Waals surface area contributed by atoms with Crippen molar-refractivity contribution in [3.63, 3.8) is 0 Å². The molecule has 2 rings (SSSR count). The largest absolute Gasteiger partial charge is 0.397 e. The fourth-order valence-corrected chi connectivity index (χ4v) is 2.66. The van der Waals surface area contributed by atoms with Crippen molar-refractivity contribution in [2.45, 2.75) is 11.8 Å². The maximum absolute atomic E-state index is 13.6. The summed E-state index contributed by atoms with van der Waals surface area (Å²) in [5.41, 5.74) is 6.30. The number of nitrogen functional groups attached to an aromatic ring is 1. The van der Waals surface area contributed by atoms with Gasteiger partial charge in [0.05, 0.1) is 10.6 Å². The average molecular weight is 280 g/mol. The summed E-state index contributed by atoms with van der Waals surface area (Å²) in [6.45, 7) is 1.85. The standard InChI is InChI=1S/C13H13FN2O2S/c1-9-5-7-10(8-6-9)19(17,18)16-13-11(14)3-2-4-12(13)15/h2-8,16H,15H2,1H3. The average Bonchev–Trinajstić information content (AvgIpc) is 2.35. The lowest BCUT2D eigenvalue weighted by Gasteiger charge is -2.11. The van der Waals surface area contributed by atoms with Gasteiger partial charge in [0.25, 0.3) is 10.0 Å². The van der Waals surface area contributed by atoms with Gasteiger partial charge in [-0.1, -0.05) is 23.8 Å². The molecular formula is C13H13FN2O2S. The molecule has 100 valence electrons. The van der Waals surface area contributed by atoms with Crippen LogP contribution in [0.4, 0.5) is 15.8 Å². The molecule has 0 radical (unpaired) electrons. The number of halogens is 1. The van der Waals surface area contributed by atoms with Crippen LogP contribution in [0.3, 0.4) is 0 Å². The molecular weight excluding hydrogens is 267 g/mol. The molecule has 0 unspecified atom stereocenters. The van der Waals surface area contributed by atoms with Crippen molar-refractivity contribution in [3.8, 4) is 0 Å². The second-order valence-corrected chi connectivity index (χ2v) is 5.81. The Bertz CT molecular complexity index is 677. The van der Waals surface area contributed by atoms with E-state index in [4.69, 9.17) is 5.73 Å². The number of hydrogen-bond acceptors (Lipinski definition) is 3. The molecule has 0 aliphatic heterocycles. The molecule has 19 heavy (non-hydrogen) atoms. The lowest BCUT2D eigenvalue weighted by Crippen LogP contribution is -2.15. The molecule has 6 heteroatoms. The highest BCUT2D eigenvalue weighted by molar-refractivity contribution is 7.92. The predicted octanol–water partition coefficient (Wildman–Crippen LogP) is 2.52. The van der Waals surface area contributed by atoms with Gasteiger partial charge in [-0.3, -0.25) is 4.72 Å². The van der Waals surface area contributed by atoms with Crippen LogP contribution in [0.15, 0.2) is 47.4 Å². The van der Waals surface area contributed by atoms with Crippen molar-refractivity contribution < 1.29 is 12.8 Å². The molecule has 0 fully saturated rings. The third kappa shape index (κ3) is 2.85. The van der Waals surface area contributed by atoms with E-state index >= 15 is 0 Å². The smallest absolute Gasteiger partial charge is 0.262 e. The highest BCUT2D eigenvalue weighted by Gasteiger charge is 2.17. The van der Waals surface area contributed by atoms with E-state index in [0.29, 0.717) is 0 Å². The molecule has 0 atom stereocenters. The van der Waals surface area contributed by atoms with Crippen molar-refractivity contribution in [3.05, 3.63) is 53.8 Å². The Hall–Kier alpha value is -2.08. The molecule has 3 N–H and O–H groups in total. The van der Waals surface area contributed by atoms with Crippen LogP contribution >= 0.6 is 0 Å². The van der Waals surface area contributed by atoms with E-state index in [1.807, 2.05) is 6.92 Å². The van der Waals surface area contributed by atoms with Gasteiger partial charge in [0, 0.05) is 0 Å². The van der Waals surface area contributed by atoms with Gasteiger partial charge in [0.15, 0.2) is 0 Å². The molecule has 4 nitrogen and oxygen atoms in total. The normalized spacial score (nSPS) is 11.3. The van der Waals surface area contributed by atoms with Gasteiger partial charge < -0.3 is 5.73 Å². The first kappa shape index (κ1) is 13.4. The third-order valence-corrected chi connectivity index (χ3v) is 3.98. The predicted molar refractivity (Wildman–Crippen MR) is 72.8 cm³/mol. The number of nitrogens with two attached hydrogens (primary N) is 1.